The van der Waals surface area contributed by atoms with Crippen LogP contribution in [0, 0.1) is 5.92 Å². The third-order valence-corrected chi connectivity index (χ3v) is 3.61. The van der Waals surface area contributed by atoms with Crippen molar-refractivity contribution in [2.75, 3.05) is 43.5 Å². The summed E-state index contributed by atoms with van der Waals surface area (Å²) in [6, 6.07) is 2.62. The maximum atomic E-state index is 4.41. The van der Waals surface area contributed by atoms with Crippen LogP contribution in [0.2, 0.25) is 0 Å². The van der Waals surface area contributed by atoms with Gasteiger partial charge in [-0.2, -0.15) is 0 Å². The van der Waals surface area contributed by atoms with Gasteiger partial charge in [0, 0.05) is 39.3 Å². The Bertz CT molecular complexity index is 401. The molecule has 2 heterocycles. The minimum absolute atomic E-state index is 0.540. The van der Waals surface area contributed by atoms with Crippen molar-refractivity contribution in [1.82, 2.24) is 15.3 Å². The van der Waals surface area contributed by atoms with Crippen molar-refractivity contribution in [1.29, 1.82) is 0 Å². The minimum atomic E-state index is 0.540. The van der Waals surface area contributed by atoms with E-state index in [1.165, 1.54) is 6.42 Å². The average molecular weight is 263 g/mol. The van der Waals surface area contributed by atoms with E-state index in [9.17, 15) is 0 Å². The van der Waals surface area contributed by atoms with E-state index in [4.69, 9.17) is 0 Å². The van der Waals surface area contributed by atoms with Gasteiger partial charge < -0.3 is 15.1 Å². The lowest BCUT2D eigenvalue weighted by Gasteiger charge is -2.26. The Morgan fingerprint density at radius 2 is 2.05 bits per heavy atom. The molecule has 1 atom stereocenters. The monoisotopic (exact) mass is 263 g/mol. The molecule has 0 saturated carbocycles. The van der Waals surface area contributed by atoms with E-state index < -0.39 is 0 Å². The normalized spacial score (nSPS) is 18.9. The van der Waals surface area contributed by atoms with E-state index in [1.807, 2.05) is 0 Å². The van der Waals surface area contributed by atoms with Gasteiger partial charge in [0.15, 0.2) is 0 Å². The fourth-order valence-corrected chi connectivity index (χ4v) is 2.54. The van der Waals surface area contributed by atoms with Gasteiger partial charge in [0.05, 0.1) is 0 Å². The second-order valence-electron chi connectivity index (χ2n) is 5.77. The molecular weight excluding hydrogens is 238 g/mol. The fourth-order valence-electron chi connectivity index (χ4n) is 2.54. The molecule has 0 aromatic carbocycles. The predicted molar refractivity (Wildman–Crippen MR) is 79.8 cm³/mol. The van der Waals surface area contributed by atoms with E-state index >= 15 is 0 Å². The summed E-state index contributed by atoms with van der Waals surface area (Å²) >= 11 is 0. The van der Waals surface area contributed by atoms with Crippen LogP contribution < -0.4 is 15.1 Å². The van der Waals surface area contributed by atoms with Crippen LogP contribution in [0.3, 0.4) is 0 Å². The van der Waals surface area contributed by atoms with Crippen LogP contribution in [0.1, 0.15) is 20.3 Å². The SMILES string of the molecule is CC(C)CN(C)c1cc(N(C)C2CCNC2)ncn1. The number of nitrogens with one attached hydrogen (secondary N) is 1. The molecule has 1 aliphatic heterocycles. The Kier molecular flexibility index (Phi) is 4.58. The third-order valence-electron chi connectivity index (χ3n) is 3.61. The summed E-state index contributed by atoms with van der Waals surface area (Å²) in [4.78, 5) is 13.2. The highest BCUT2D eigenvalue weighted by atomic mass is 15.2. The fraction of sp³-hybridized carbons (Fsp3) is 0.714. The predicted octanol–water partition coefficient (Wildman–Crippen LogP) is 1.37. The summed E-state index contributed by atoms with van der Waals surface area (Å²) in [5.41, 5.74) is 0. The highest BCUT2D eigenvalue weighted by molar-refractivity contribution is 5.50. The van der Waals surface area contributed by atoms with Gasteiger partial charge in [-0.3, -0.25) is 0 Å². The smallest absolute Gasteiger partial charge is 0.134 e. The van der Waals surface area contributed by atoms with E-state index in [-0.39, 0.29) is 0 Å². The molecule has 0 spiro atoms. The molecule has 1 saturated heterocycles. The molecule has 0 bridgehead atoms. The molecule has 0 amide bonds. The van der Waals surface area contributed by atoms with Crippen LogP contribution in [0.25, 0.3) is 0 Å². The van der Waals surface area contributed by atoms with Gasteiger partial charge in [0.2, 0.25) is 0 Å². The zero-order valence-electron chi connectivity index (χ0n) is 12.4. The lowest BCUT2D eigenvalue weighted by molar-refractivity contribution is 0.633. The number of aromatic nitrogens is 2. The number of nitrogens with zero attached hydrogens (tertiary/aromatic N) is 4. The van der Waals surface area contributed by atoms with Crippen molar-refractivity contribution in [3.63, 3.8) is 0 Å². The zero-order valence-corrected chi connectivity index (χ0v) is 12.4. The van der Waals surface area contributed by atoms with Gasteiger partial charge in [-0.25, -0.2) is 9.97 Å². The average Bonchev–Trinajstić information content (AvgIpc) is 2.91. The molecular formula is C14H25N5. The Balaban J connectivity index is 2.09. The Morgan fingerprint density at radius 1 is 1.32 bits per heavy atom. The molecule has 1 aromatic rings. The van der Waals surface area contributed by atoms with Crippen molar-refractivity contribution in [2.45, 2.75) is 26.3 Å². The topological polar surface area (TPSA) is 44.3 Å². The van der Waals surface area contributed by atoms with Crippen LogP contribution in [-0.4, -0.2) is 49.7 Å². The summed E-state index contributed by atoms with van der Waals surface area (Å²) in [7, 11) is 4.20. The van der Waals surface area contributed by atoms with Crippen LogP contribution in [-0.2, 0) is 0 Å². The highest BCUT2D eigenvalue weighted by Gasteiger charge is 2.20. The lowest BCUT2D eigenvalue weighted by Crippen LogP contribution is -2.34. The van der Waals surface area contributed by atoms with E-state index in [2.05, 4.69) is 59.1 Å². The van der Waals surface area contributed by atoms with Gasteiger partial charge in [0.1, 0.15) is 18.0 Å². The molecule has 1 aliphatic rings. The van der Waals surface area contributed by atoms with Crippen LogP contribution >= 0.6 is 0 Å². The number of likely N-dealkylation sites (N-methyl/N-ethyl adjacent to an activating group) is 1. The largest absolute Gasteiger partial charge is 0.359 e. The van der Waals surface area contributed by atoms with Crippen LogP contribution in [0.15, 0.2) is 12.4 Å². The van der Waals surface area contributed by atoms with Gasteiger partial charge >= 0.3 is 0 Å². The Morgan fingerprint density at radius 3 is 2.68 bits per heavy atom. The first-order valence-electron chi connectivity index (χ1n) is 7.04. The number of hydrogen-bond donors (Lipinski definition) is 1. The first kappa shape index (κ1) is 14.1. The quantitative estimate of drug-likeness (QED) is 0.869. The first-order valence-corrected chi connectivity index (χ1v) is 7.04. The minimum Gasteiger partial charge on any atom is -0.359 e. The maximum Gasteiger partial charge on any atom is 0.134 e. The van der Waals surface area contributed by atoms with E-state index in [1.54, 1.807) is 6.33 Å². The van der Waals surface area contributed by atoms with Crippen LogP contribution in [0.4, 0.5) is 11.6 Å². The number of rotatable bonds is 5. The molecule has 5 heteroatoms. The van der Waals surface area contributed by atoms with Crippen molar-refractivity contribution < 1.29 is 0 Å². The second-order valence-corrected chi connectivity index (χ2v) is 5.77. The van der Waals surface area contributed by atoms with Crippen molar-refractivity contribution in [2.24, 2.45) is 5.92 Å². The molecule has 1 N–H and O–H groups in total. The van der Waals surface area contributed by atoms with E-state index in [0.29, 0.717) is 12.0 Å². The number of anilines is 2. The summed E-state index contributed by atoms with van der Waals surface area (Å²) in [5, 5.41) is 3.39. The molecule has 0 radical (unpaired) electrons. The number of hydrogen-bond acceptors (Lipinski definition) is 5. The van der Waals surface area contributed by atoms with Gasteiger partial charge in [-0.1, -0.05) is 13.8 Å². The first-order chi connectivity index (χ1) is 9.08. The molecule has 2 rings (SSSR count). The lowest BCUT2D eigenvalue weighted by atomic mass is 10.2. The van der Waals surface area contributed by atoms with Crippen molar-refractivity contribution in [3.05, 3.63) is 12.4 Å². The molecule has 0 aliphatic carbocycles. The summed E-state index contributed by atoms with van der Waals surface area (Å²) in [6.07, 6.45) is 2.85. The van der Waals surface area contributed by atoms with Crippen molar-refractivity contribution >= 4 is 11.6 Å². The molecule has 1 aromatic heterocycles. The highest BCUT2D eigenvalue weighted by Crippen LogP contribution is 2.20. The Labute approximate surface area is 116 Å². The third kappa shape index (κ3) is 3.56. The summed E-state index contributed by atoms with van der Waals surface area (Å²) < 4.78 is 0. The maximum absolute atomic E-state index is 4.41. The van der Waals surface area contributed by atoms with E-state index in [0.717, 1.165) is 31.3 Å². The Hall–Kier alpha value is -1.36. The standard InChI is InChI=1S/C14H25N5/c1-11(2)9-18(3)13-7-14(17-10-16-13)19(4)12-5-6-15-8-12/h7,10-12,15H,5-6,8-9H2,1-4H3. The van der Waals surface area contributed by atoms with Crippen LogP contribution in [0.5, 0.6) is 0 Å². The molecule has 5 nitrogen and oxygen atoms in total. The molecule has 1 unspecified atom stereocenters. The van der Waals surface area contributed by atoms with Gasteiger partial charge in [0.25, 0.3) is 0 Å². The van der Waals surface area contributed by atoms with Gasteiger partial charge in [-0.15, -0.1) is 0 Å². The summed E-state index contributed by atoms with van der Waals surface area (Å²) in [6.45, 7) is 7.58. The molecule has 19 heavy (non-hydrogen) atoms. The van der Waals surface area contributed by atoms with Crippen molar-refractivity contribution in [3.8, 4) is 0 Å². The molecule has 106 valence electrons. The molecule has 1 fully saturated rings. The summed E-state index contributed by atoms with van der Waals surface area (Å²) in [5.74, 6) is 2.63. The second kappa shape index (κ2) is 6.19. The van der Waals surface area contributed by atoms with Gasteiger partial charge in [-0.05, 0) is 18.9 Å². The zero-order chi connectivity index (χ0) is 13.8.